The molecule has 1 aromatic carbocycles. The van der Waals surface area contributed by atoms with E-state index in [4.69, 9.17) is 10.4 Å². The average molecular weight is 200 g/mol. The number of fused-ring (bicyclic) bond motifs is 1. The van der Waals surface area contributed by atoms with Crippen LogP contribution in [0.5, 0.6) is 0 Å². The summed E-state index contributed by atoms with van der Waals surface area (Å²) >= 11 is 0. The highest BCUT2D eigenvalue weighted by Crippen LogP contribution is 2.20. The van der Waals surface area contributed by atoms with Crippen LogP contribution in [0.2, 0.25) is 0 Å². The summed E-state index contributed by atoms with van der Waals surface area (Å²) in [6.07, 6.45) is -1.01. The number of benzene rings is 1. The molecular formula is C11H8N2O2. The third-order valence-corrected chi connectivity index (χ3v) is 2.31. The normalized spacial score (nSPS) is 10.1. The number of carbonyl (C=O) groups is 1. The Kier molecular flexibility index (Phi) is 1.94. The van der Waals surface area contributed by atoms with E-state index in [0.29, 0.717) is 16.8 Å². The molecule has 74 valence electrons. The van der Waals surface area contributed by atoms with Gasteiger partial charge in [-0.25, -0.2) is 4.79 Å². The molecule has 0 amide bonds. The Bertz CT molecular complexity index is 590. The summed E-state index contributed by atoms with van der Waals surface area (Å²) in [6.45, 7) is 1.72. The van der Waals surface area contributed by atoms with Gasteiger partial charge in [-0.1, -0.05) is 0 Å². The number of aryl methyl sites for hydroxylation is 1. The van der Waals surface area contributed by atoms with Crippen molar-refractivity contribution >= 4 is 17.0 Å². The zero-order chi connectivity index (χ0) is 11.0. The Labute approximate surface area is 86.0 Å². The number of hydrogen-bond donors (Lipinski definition) is 1. The van der Waals surface area contributed by atoms with Crippen molar-refractivity contribution in [3.05, 3.63) is 35.5 Å². The number of nitriles is 1. The van der Waals surface area contributed by atoms with Crippen LogP contribution in [0.1, 0.15) is 11.3 Å². The van der Waals surface area contributed by atoms with Gasteiger partial charge in [-0.2, -0.15) is 5.26 Å². The summed E-state index contributed by atoms with van der Waals surface area (Å²) in [6, 6.07) is 8.72. The van der Waals surface area contributed by atoms with Crippen molar-refractivity contribution in [2.24, 2.45) is 0 Å². The Hall–Kier alpha value is -2.28. The van der Waals surface area contributed by atoms with E-state index in [1.54, 1.807) is 31.2 Å². The van der Waals surface area contributed by atoms with Crippen molar-refractivity contribution in [2.45, 2.75) is 6.92 Å². The second-order valence-corrected chi connectivity index (χ2v) is 3.29. The molecule has 0 atom stereocenters. The molecule has 2 rings (SSSR count). The van der Waals surface area contributed by atoms with E-state index in [9.17, 15) is 4.79 Å². The highest BCUT2D eigenvalue weighted by atomic mass is 16.4. The smallest absolute Gasteiger partial charge is 0.416 e. The largest absolute Gasteiger partial charge is 0.464 e. The van der Waals surface area contributed by atoms with Crippen LogP contribution in [0, 0.1) is 18.3 Å². The van der Waals surface area contributed by atoms with Crippen molar-refractivity contribution in [1.82, 2.24) is 4.57 Å². The van der Waals surface area contributed by atoms with E-state index in [-0.39, 0.29) is 0 Å². The maximum absolute atomic E-state index is 10.9. The van der Waals surface area contributed by atoms with E-state index < -0.39 is 6.09 Å². The topological polar surface area (TPSA) is 66.0 Å². The minimum Gasteiger partial charge on any atom is -0.464 e. The number of nitrogens with zero attached hydrogens (tertiary/aromatic N) is 2. The lowest BCUT2D eigenvalue weighted by atomic mass is 10.2. The van der Waals surface area contributed by atoms with Gasteiger partial charge in [-0.15, -0.1) is 0 Å². The number of rotatable bonds is 0. The summed E-state index contributed by atoms with van der Waals surface area (Å²) in [5, 5.41) is 18.5. The second-order valence-electron chi connectivity index (χ2n) is 3.29. The fourth-order valence-corrected chi connectivity index (χ4v) is 1.68. The van der Waals surface area contributed by atoms with Gasteiger partial charge in [0.15, 0.2) is 0 Å². The first-order valence-electron chi connectivity index (χ1n) is 4.39. The zero-order valence-corrected chi connectivity index (χ0v) is 8.06. The molecule has 0 unspecified atom stereocenters. The Morgan fingerprint density at radius 3 is 2.80 bits per heavy atom. The molecular weight excluding hydrogens is 192 g/mol. The van der Waals surface area contributed by atoms with Gasteiger partial charge in [0.05, 0.1) is 17.1 Å². The van der Waals surface area contributed by atoms with E-state index in [2.05, 4.69) is 0 Å². The number of hydrogen-bond acceptors (Lipinski definition) is 2. The van der Waals surface area contributed by atoms with Gasteiger partial charge in [-0.3, -0.25) is 4.57 Å². The summed E-state index contributed by atoms with van der Waals surface area (Å²) in [5.74, 6) is 0. The minimum atomic E-state index is -1.01. The van der Waals surface area contributed by atoms with Crippen molar-refractivity contribution in [1.29, 1.82) is 5.26 Å². The fourth-order valence-electron chi connectivity index (χ4n) is 1.68. The molecule has 0 aliphatic carbocycles. The lowest BCUT2D eigenvalue weighted by Crippen LogP contribution is -2.08. The van der Waals surface area contributed by atoms with Gasteiger partial charge in [0, 0.05) is 11.1 Å². The van der Waals surface area contributed by atoms with Crippen LogP contribution in [-0.2, 0) is 0 Å². The van der Waals surface area contributed by atoms with E-state index >= 15 is 0 Å². The van der Waals surface area contributed by atoms with Gasteiger partial charge in [0.25, 0.3) is 0 Å². The van der Waals surface area contributed by atoms with Crippen molar-refractivity contribution in [3.63, 3.8) is 0 Å². The molecule has 15 heavy (non-hydrogen) atoms. The molecule has 1 aromatic heterocycles. The lowest BCUT2D eigenvalue weighted by molar-refractivity contribution is 0.197. The molecule has 0 radical (unpaired) electrons. The monoisotopic (exact) mass is 200 g/mol. The highest BCUT2D eigenvalue weighted by Gasteiger charge is 2.10. The zero-order valence-electron chi connectivity index (χ0n) is 8.06. The Morgan fingerprint density at radius 2 is 2.20 bits per heavy atom. The van der Waals surface area contributed by atoms with Crippen LogP contribution in [0.15, 0.2) is 24.3 Å². The van der Waals surface area contributed by atoms with Crippen LogP contribution in [0.3, 0.4) is 0 Å². The Morgan fingerprint density at radius 1 is 1.47 bits per heavy atom. The summed E-state index contributed by atoms with van der Waals surface area (Å²) in [4.78, 5) is 10.9. The first-order valence-corrected chi connectivity index (χ1v) is 4.39. The predicted octanol–water partition coefficient (Wildman–Crippen LogP) is 2.35. The van der Waals surface area contributed by atoms with Gasteiger partial charge in [0.1, 0.15) is 0 Å². The van der Waals surface area contributed by atoms with E-state index in [1.165, 1.54) is 4.57 Å². The number of carboxylic acid groups (broad SMARTS) is 1. The molecule has 1 N–H and O–H groups in total. The van der Waals surface area contributed by atoms with Gasteiger partial charge in [-0.05, 0) is 31.2 Å². The first kappa shape index (κ1) is 9.28. The quantitative estimate of drug-likeness (QED) is 0.709. The molecule has 0 aliphatic heterocycles. The maximum atomic E-state index is 10.9. The molecule has 0 aliphatic rings. The number of aromatic nitrogens is 1. The molecule has 0 saturated heterocycles. The van der Waals surface area contributed by atoms with E-state index in [1.807, 2.05) is 6.07 Å². The summed E-state index contributed by atoms with van der Waals surface area (Å²) in [7, 11) is 0. The summed E-state index contributed by atoms with van der Waals surface area (Å²) < 4.78 is 1.20. The molecule has 4 heteroatoms. The summed E-state index contributed by atoms with van der Waals surface area (Å²) in [5.41, 5.74) is 1.79. The van der Waals surface area contributed by atoms with E-state index in [0.717, 1.165) is 5.39 Å². The molecule has 1 heterocycles. The second kappa shape index (κ2) is 3.14. The van der Waals surface area contributed by atoms with Gasteiger partial charge in [0.2, 0.25) is 0 Å². The SMILES string of the molecule is Cc1cc2cc(C#N)ccc2n1C(=O)O. The van der Waals surface area contributed by atoms with Gasteiger partial charge < -0.3 is 5.11 Å². The third kappa shape index (κ3) is 1.34. The van der Waals surface area contributed by atoms with Crippen LogP contribution in [0.4, 0.5) is 4.79 Å². The van der Waals surface area contributed by atoms with Crippen molar-refractivity contribution < 1.29 is 9.90 Å². The van der Waals surface area contributed by atoms with Crippen LogP contribution >= 0.6 is 0 Å². The standard InChI is InChI=1S/C11H8N2O2/c1-7-4-9-5-8(6-12)2-3-10(9)13(7)11(14)15/h2-5H,1H3,(H,14,15). The molecule has 4 nitrogen and oxygen atoms in total. The molecule has 0 saturated carbocycles. The average Bonchev–Trinajstić information content (AvgIpc) is 2.52. The Balaban J connectivity index is 2.81. The molecule has 0 spiro atoms. The maximum Gasteiger partial charge on any atom is 0.416 e. The van der Waals surface area contributed by atoms with Crippen LogP contribution in [-0.4, -0.2) is 15.8 Å². The van der Waals surface area contributed by atoms with Crippen molar-refractivity contribution in [2.75, 3.05) is 0 Å². The minimum absolute atomic E-state index is 0.532. The fraction of sp³-hybridized carbons (Fsp3) is 0.0909. The van der Waals surface area contributed by atoms with Gasteiger partial charge >= 0.3 is 6.09 Å². The molecule has 0 bridgehead atoms. The highest BCUT2D eigenvalue weighted by molar-refractivity contribution is 5.90. The third-order valence-electron chi connectivity index (χ3n) is 2.31. The predicted molar refractivity (Wildman–Crippen MR) is 54.8 cm³/mol. The lowest BCUT2D eigenvalue weighted by Gasteiger charge is -1.99. The molecule has 2 aromatic rings. The van der Waals surface area contributed by atoms with Crippen LogP contribution in [0.25, 0.3) is 10.9 Å². The molecule has 0 fully saturated rings. The van der Waals surface area contributed by atoms with Crippen molar-refractivity contribution in [3.8, 4) is 6.07 Å². The first-order chi connectivity index (χ1) is 7.13. The van der Waals surface area contributed by atoms with Crippen LogP contribution < -0.4 is 0 Å².